The summed E-state index contributed by atoms with van der Waals surface area (Å²) in [5.41, 5.74) is 0. The third kappa shape index (κ3) is 5.44. The van der Waals surface area contributed by atoms with E-state index in [0.29, 0.717) is 12.6 Å². The van der Waals surface area contributed by atoms with Crippen molar-refractivity contribution in [3.63, 3.8) is 0 Å². The SMILES string of the molecule is Cc1nnc(CN=C(NCCN2CCOCC2)NCC2CN3CCN2CC3)n1C. The van der Waals surface area contributed by atoms with Gasteiger partial charge in [-0.15, -0.1) is 10.2 Å². The van der Waals surface area contributed by atoms with Gasteiger partial charge in [0.15, 0.2) is 11.8 Å². The lowest BCUT2D eigenvalue weighted by Crippen LogP contribution is -2.64. The number of nitrogens with zero attached hydrogens (tertiary/aromatic N) is 7. The first-order valence-electron chi connectivity index (χ1n) is 10.8. The molecular weight excluding hydrogens is 370 g/mol. The molecular formula is C19H35N9O. The van der Waals surface area contributed by atoms with Crippen molar-refractivity contribution >= 4 is 5.96 Å². The van der Waals surface area contributed by atoms with Crippen molar-refractivity contribution in [2.24, 2.45) is 12.0 Å². The van der Waals surface area contributed by atoms with Gasteiger partial charge in [-0.3, -0.25) is 14.7 Å². The number of nitrogens with one attached hydrogen (secondary N) is 2. The molecule has 0 spiro atoms. The van der Waals surface area contributed by atoms with Crippen molar-refractivity contribution in [2.75, 3.05) is 78.7 Å². The Labute approximate surface area is 173 Å². The number of aryl methyl sites for hydroxylation is 1. The molecule has 10 heteroatoms. The van der Waals surface area contributed by atoms with Crippen molar-refractivity contribution in [3.8, 4) is 0 Å². The van der Waals surface area contributed by atoms with Crippen molar-refractivity contribution in [1.82, 2.24) is 40.1 Å². The van der Waals surface area contributed by atoms with Gasteiger partial charge in [0, 0.05) is 78.5 Å². The van der Waals surface area contributed by atoms with E-state index < -0.39 is 0 Å². The van der Waals surface area contributed by atoms with Gasteiger partial charge in [-0.1, -0.05) is 0 Å². The van der Waals surface area contributed by atoms with Crippen LogP contribution in [-0.2, 0) is 18.3 Å². The van der Waals surface area contributed by atoms with E-state index in [1.54, 1.807) is 0 Å². The highest BCUT2D eigenvalue weighted by Crippen LogP contribution is 2.14. The first-order valence-corrected chi connectivity index (χ1v) is 10.8. The molecule has 1 aromatic heterocycles. The molecule has 10 nitrogen and oxygen atoms in total. The second-order valence-electron chi connectivity index (χ2n) is 8.14. The van der Waals surface area contributed by atoms with Crippen LogP contribution in [0.15, 0.2) is 4.99 Å². The molecule has 1 atom stereocenters. The summed E-state index contributed by atoms with van der Waals surface area (Å²) in [6, 6.07) is 0.556. The smallest absolute Gasteiger partial charge is 0.191 e. The normalized spacial score (nSPS) is 27.9. The van der Waals surface area contributed by atoms with Crippen LogP contribution >= 0.6 is 0 Å². The van der Waals surface area contributed by atoms with Crippen LogP contribution in [0.1, 0.15) is 11.6 Å². The van der Waals surface area contributed by atoms with E-state index in [1.165, 1.54) is 26.2 Å². The molecule has 1 aromatic rings. The molecule has 0 radical (unpaired) electrons. The zero-order chi connectivity index (χ0) is 20.1. The van der Waals surface area contributed by atoms with Crippen molar-refractivity contribution < 1.29 is 4.74 Å². The highest BCUT2D eigenvalue weighted by Gasteiger charge is 2.31. The van der Waals surface area contributed by atoms with Crippen LogP contribution in [0.3, 0.4) is 0 Å². The standard InChI is InChI=1S/C19H35N9O/c1-16-23-24-18(25(16)2)14-22-19(20-3-4-26-9-11-29-12-10-26)21-13-17-15-27-5-7-28(17)8-6-27/h17H,3-15H2,1-2H3,(H2,20,21,22). The second-order valence-corrected chi connectivity index (χ2v) is 8.14. The summed E-state index contributed by atoms with van der Waals surface area (Å²) in [5.74, 6) is 2.64. The summed E-state index contributed by atoms with van der Waals surface area (Å²) >= 11 is 0. The van der Waals surface area contributed by atoms with Crippen LogP contribution < -0.4 is 10.6 Å². The number of rotatable bonds is 7. The number of fused-ring (bicyclic) bond motifs is 3. The van der Waals surface area contributed by atoms with Gasteiger partial charge in [0.25, 0.3) is 0 Å². The lowest BCUT2D eigenvalue weighted by Gasteiger charge is -2.47. The monoisotopic (exact) mass is 405 g/mol. The molecule has 4 aliphatic rings. The Morgan fingerprint density at radius 3 is 2.55 bits per heavy atom. The Hall–Kier alpha value is -1.75. The van der Waals surface area contributed by atoms with Crippen LogP contribution in [0.4, 0.5) is 0 Å². The third-order valence-corrected chi connectivity index (χ3v) is 6.28. The minimum atomic E-state index is 0.519. The second kappa shape index (κ2) is 9.84. The number of aromatic nitrogens is 3. The fourth-order valence-corrected chi connectivity index (χ4v) is 4.20. The number of guanidine groups is 1. The van der Waals surface area contributed by atoms with Crippen LogP contribution in [-0.4, -0.2) is 120 Å². The van der Waals surface area contributed by atoms with Gasteiger partial charge < -0.3 is 19.9 Å². The average molecular weight is 406 g/mol. The number of aliphatic imine (C=N–C) groups is 1. The van der Waals surface area contributed by atoms with Gasteiger partial charge in [-0.2, -0.15) is 0 Å². The summed E-state index contributed by atoms with van der Waals surface area (Å²) in [6.45, 7) is 14.9. The molecule has 0 amide bonds. The minimum absolute atomic E-state index is 0.519. The Balaban J connectivity index is 1.32. The molecule has 162 valence electrons. The Kier molecular flexibility index (Phi) is 6.96. The van der Waals surface area contributed by atoms with E-state index in [4.69, 9.17) is 9.73 Å². The summed E-state index contributed by atoms with van der Waals surface area (Å²) in [7, 11) is 1.99. The number of piperazine rings is 3. The van der Waals surface area contributed by atoms with Gasteiger partial charge in [-0.05, 0) is 6.92 Å². The lowest BCUT2D eigenvalue weighted by molar-refractivity contribution is 0.0154. The maximum Gasteiger partial charge on any atom is 0.191 e. The molecule has 4 fully saturated rings. The van der Waals surface area contributed by atoms with Gasteiger partial charge in [-0.25, -0.2) is 4.99 Å². The molecule has 5 heterocycles. The van der Waals surface area contributed by atoms with Gasteiger partial charge >= 0.3 is 0 Å². The molecule has 2 bridgehead atoms. The molecule has 0 saturated carbocycles. The lowest BCUT2D eigenvalue weighted by atomic mass is 10.1. The fourth-order valence-electron chi connectivity index (χ4n) is 4.20. The predicted molar refractivity (Wildman–Crippen MR) is 112 cm³/mol. The Morgan fingerprint density at radius 2 is 1.90 bits per heavy atom. The zero-order valence-corrected chi connectivity index (χ0v) is 17.8. The van der Waals surface area contributed by atoms with Gasteiger partial charge in [0.2, 0.25) is 0 Å². The van der Waals surface area contributed by atoms with E-state index in [1.807, 2.05) is 18.5 Å². The van der Waals surface area contributed by atoms with E-state index in [-0.39, 0.29) is 0 Å². The molecule has 2 N–H and O–H groups in total. The maximum absolute atomic E-state index is 5.44. The highest BCUT2D eigenvalue weighted by molar-refractivity contribution is 5.79. The van der Waals surface area contributed by atoms with Crippen LogP contribution in [0.25, 0.3) is 0 Å². The minimum Gasteiger partial charge on any atom is -0.379 e. The third-order valence-electron chi connectivity index (χ3n) is 6.28. The average Bonchev–Trinajstić information content (AvgIpc) is 3.09. The van der Waals surface area contributed by atoms with Crippen molar-refractivity contribution in [2.45, 2.75) is 19.5 Å². The van der Waals surface area contributed by atoms with Crippen LogP contribution in [0, 0.1) is 6.92 Å². The largest absolute Gasteiger partial charge is 0.379 e. The molecule has 0 aromatic carbocycles. The first kappa shape index (κ1) is 20.5. The summed E-state index contributed by atoms with van der Waals surface area (Å²) in [5, 5.41) is 15.5. The molecule has 4 saturated heterocycles. The zero-order valence-electron chi connectivity index (χ0n) is 17.8. The molecule has 5 rings (SSSR count). The number of morpholine rings is 1. The summed E-state index contributed by atoms with van der Waals surface area (Å²) in [6.07, 6.45) is 0. The quantitative estimate of drug-likeness (QED) is 0.418. The highest BCUT2D eigenvalue weighted by atomic mass is 16.5. The fraction of sp³-hybridized carbons (Fsp3) is 0.842. The van der Waals surface area contributed by atoms with E-state index in [9.17, 15) is 0 Å². The Bertz CT molecular complexity index is 677. The molecule has 0 aliphatic carbocycles. The van der Waals surface area contributed by atoms with Gasteiger partial charge in [0.05, 0.1) is 13.2 Å². The number of hydrogen-bond acceptors (Lipinski definition) is 7. The van der Waals surface area contributed by atoms with Gasteiger partial charge in [0.1, 0.15) is 12.4 Å². The number of hydrogen-bond donors (Lipinski definition) is 2. The van der Waals surface area contributed by atoms with E-state index in [0.717, 1.165) is 70.1 Å². The molecule has 29 heavy (non-hydrogen) atoms. The number of ether oxygens (including phenoxy) is 1. The Morgan fingerprint density at radius 1 is 1.10 bits per heavy atom. The first-order chi connectivity index (χ1) is 14.2. The topological polar surface area (TPSA) is 86.1 Å². The van der Waals surface area contributed by atoms with Crippen LogP contribution in [0.2, 0.25) is 0 Å². The molecule has 4 aliphatic heterocycles. The summed E-state index contributed by atoms with van der Waals surface area (Å²) in [4.78, 5) is 12.4. The predicted octanol–water partition coefficient (Wildman–Crippen LogP) is -1.51. The molecule has 1 unspecified atom stereocenters. The van der Waals surface area contributed by atoms with Crippen molar-refractivity contribution in [1.29, 1.82) is 0 Å². The summed E-state index contributed by atoms with van der Waals surface area (Å²) < 4.78 is 7.43. The van der Waals surface area contributed by atoms with E-state index >= 15 is 0 Å². The van der Waals surface area contributed by atoms with E-state index in [2.05, 4.69) is 35.5 Å². The van der Waals surface area contributed by atoms with Crippen LogP contribution in [0.5, 0.6) is 0 Å². The van der Waals surface area contributed by atoms with Crippen molar-refractivity contribution in [3.05, 3.63) is 11.6 Å². The maximum atomic E-state index is 5.44.